The van der Waals surface area contributed by atoms with Crippen LogP contribution in [-0.2, 0) is 11.6 Å². The molecular weight excluding hydrogens is 355 g/mol. The molecular formula is C16H16BClN5OP. The Morgan fingerprint density at radius 2 is 2.00 bits per heavy atom. The fraction of sp³-hybridized carbons (Fsp3) is 0.188. The Labute approximate surface area is 152 Å². The molecule has 2 heterocycles. The van der Waals surface area contributed by atoms with E-state index in [1.165, 1.54) is 6.20 Å². The second-order valence-corrected chi connectivity index (χ2v) is 9.58. The van der Waals surface area contributed by atoms with Crippen LogP contribution in [0.4, 0.5) is 11.5 Å². The first-order valence-electron chi connectivity index (χ1n) is 7.47. The highest BCUT2D eigenvalue weighted by molar-refractivity contribution is 7.70. The largest absolute Gasteiger partial charge is 0.340 e. The summed E-state index contributed by atoms with van der Waals surface area (Å²) in [6.07, 6.45) is 5.11. The Morgan fingerprint density at radius 3 is 2.64 bits per heavy atom. The lowest BCUT2D eigenvalue weighted by molar-refractivity contribution is 0.588. The lowest BCUT2D eigenvalue weighted by Crippen LogP contribution is -2.17. The summed E-state index contributed by atoms with van der Waals surface area (Å²) in [6.45, 7) is 3.44. The van der Waals surface area contributed by atoms with Gasteiger partial charge in [-0.3, -0.25) is 4.68 Å². The molecule has 126 valence electrons. The fourth-order valence-electron chi connectivity index (χ4n) is 2.43. The molecule has 25 heavy (non-hydrogen) atoms. The SMILES string of the molecule is [B]c1cnc(Cl)nc1Nc1ccc(-c2cnn(C)c2)cc1P(C)(C)=O. The number of hydrogen-bond donors (Lipinski definition) is 1. The van der Waals surface area contributed by atoms with Crippen LogP contribution in [0.15, 0.2) is 36.8 Å². The molecule has 0 aliphatic rings. The third-order valence-electron chi connectivity index (χ3n) is 3.66. The van der Waals surface area contributed by atoms with Gasteiger partial charge in [-0.25, -0.2) is 9.97 Å². The highest BCUT2D eigenvalue weighted by Gasteiger charge is 2.18. The average Bonchev–Trinajstić information content (AvgIpc) is 2.97. The average molecular weight is 372 g/mol. The quantitative estimate of drug-likeness (QED) is 0.433. The Balaban J connectivity index is 2.07. The maximum Gasteiger partial charge on any atom is 0.224 e. The van der Waals surface area contributed by atoms with Gasteiger partial charge in [0.2, 0.25) is 5.28 Å². The van der Waals surface area contributed by atoms with Crippen molar-refractivity contribution in [3.8, 4) is 11.1 Å². The van der Waals surface area contributed by atoms with E-state index >= 15 is 0 Å². The minimum atomic E-state index is -2.57. The summed E-state index contributed by atoms with van der Waals surface area (Å²) >= 11 is 5.84. The highest BCUT2D eigenvalue weighted by atomic mass is 35.5. The van der Waals surface area contributed by atoms with Gasteiger partial charge in [-0.05, 0) is 48.1 Å². The number of nitrogens with zero attached hydrogens (tertiary/aromatic N) is 4. The van der Waals surface area contributed by atoms with Crippen molar-refractivity contribution in [2.24, 2.45) is 7.05 Å². The zero-order chi connectivity index (χ0) is 18.2. The molecule has 0 unspecified atom stereocenters. The molecule has 0 amide bonds. The summed E-state index contributed by atoms with van der Waals surface area (Å²) in [5.41, 5.74) is 2.91. The monoisotopic (exact) mass is 371 g/mol. The third-order valence-corrected chi connectivity index (χ3v) is 5.37. The molecule has 0 atom stereocenters. The summed E-state index contributed by atoms with van der Waals surface area (Å²) in [5.74, 6) is 0.379. The van der Waals surface area contributed by atoms with E-state index in [0.29, 0.717) is 22.3 Å². The molecule has 1 N–H and O–H groups in total. The first-order chi connectivity index (χ1) is 11.7. The minimum Gasteiger partial charge on any atom is -0.340 e. The number of halogens is 1. The number of anilines is 2. The van der Waals surface area contributed by atoms with Crippen molar-refractivity contribution >= 4 is 48.9 Å². The van der Waals surface area contributed by atoms with E-state index in [0.717, 1.165) is 11.1 Å². The second kappa shape index (κ2) is 6.66. The van der Waals surface area contributed by atoms with Crippen LogP contribution >= 0.6 is 18.7 Å². The number of hydrogen-bond acceptors (Lipinski definition) is 5. The van der Waals surface area contributed by atoms with Crippen LogP contribution in [0.25, 0.3) is 11.1 Å². The van der Waals surface area contributed by atoms with Gasteiger partial charge < -0.3 is 9.88 Å². The molecule has 0 bridgehead atoms. The lowest BCUT2D eigenvalue weighted by Gasteiger charge is -2.17. The van der Waals surface area contributed by atoms with E-state index < -0.39 is 7.14 Å². The number of aryl methyl sites for hydroxylation is 1. The Hall–Kier alpha value is -2.11. The van der Waals surface area contributed by atoms with Crippen LogP contribution in [0.1, 0.15) is 0 Å². The molecule has 0 spiro atoms. The second-order valence-electron chi connectivity index (χ2n) is 6.05. The first kappa shape index (κ1) is 17.7. The molecule has 9 heteroatoms. The summed E-state index contributed by atoms with van der Waals surface area (Å²) in [7, 11) is 5.18. The lowest BCUT2D eigenvalue weighted by atomic mass is 9.99. The maximum atomic E-state index is 12.8. The van der Waals surface area contributed by atoms with Crippen molar-refractivity contribution in [3.63, 3.8) is 0 Å². The van der Waals surface area contributed by atoms with Crippen LogP contribution in [0.3, 0.4) is 0 Å². The van der Waals surface area contributed by atoms with Gasteiger partial charge in [0.15, 0.2) is 0 Å². The molecule has 0 saturated carbocycles. The molecule has 0 fully saturated rings. The fourth-order valence-corrected chi connectivity index (χ4v) is 3.72. The smallest absolute Gasteiger partial charge is 0.224 e. The molecule has 3 rings (SSSR count). The van der Waals surface area contributed by atoms with E-state index in [1.807, 2.05) is 31.4 Å². The summed E-state index contributed by atoms with van der Waals surface area (Å²) < 4.78 is 14.5. The zero-order valence-corrected chi connectivity index (χ0v) is 15.7. The predicted octanol–water partition coefficient (Wildman–Crippen LogP) is 2.32. The van der Waals surface area contributed by atoms with Crippen molar-refractivity contribution in [2.75, 3.05) is 18.6 Å². The molecule has 2 aromatic heterocycles. The van der Waals surface area contributed by atoms with Crippen LogP contribution in [-0.4, -0.2) is 40.9 Å². The minimum absolute atomic E-state index is 0.0846. The van der Waals surface area contributed by atoms with Gasteiger partial charge in [-0.15, -0.1) is 0 Å². The third kappa shape index (κ3) is 3.94. The number of nitrogens with one attached hydrogen (secondary N) is 1. The first-order valence-corrected chi connectivity index (χ1v) is 10.5. The molecule has 0 aliphatic heterocycles. The van der Waals surface area contributed by atoms with Gasteiger partial charge in [0.1, 0.15) is 20.8 Å². The van der Waals surface area contributed by atoms with Gasteiger partial charge in [0.05, 0.1) is 11.9 Å². The molecule has 3 aromatic rings. The van der Waals surface area contributed by atoms with Crippen molar-refractivity contribution in [3.05, 3.63) is 42.1 Å². The van der Waals surface area contributed by atoms with E-state index in [1.54, 1.807) is 24.2 Å². The molecule has 1 aromatic carbocycles. The number of benzene rings is 1. The molecule has 2 radical (unpaired) electrons. The molecule has 6 nitrogen and oxygen atoms in total. The van der Waals surface area contributed by atoms with Crippen molar-refractivity contribution in [1.29, 1.82) is 0 Å². The van der Waals surface area contributed by atoms with E-state index in [9.17, 15) is 4.57 Å². The Morgan fingerprint density at radius 1 is 1.24 bits per heavy atom. The summed E-state index contributed by atoms with van der Waals surface area (Å²) in [5, 5.41) is 8.08. The van der Waals surface area contributed by atoms with Crippen molar-refractivity contribution in [1.82, 2.24) is 19.7 Å². The van der Waals surface area contributed by atoms with Gasteiger partial charge in [-0.2, -0.15) is 5.10 Å². The van der Waals surface area contributed by atoms with Gasteiger partial charge in [-0.1, -0.05) is 6.07 Å². The predicted molar refractivity (Wildman–Crippen MR) is 103 cm³/mol. The van der Waals surface area contributed by atoms with Gasteiger partial charge in [0, 0.05) is 30.3 Å². The van der Waals surface area contributed by atoms with Gasteiger partial charge >= 0.3 is 0 Å². The standard InChI is InChI=1S/C16H16BClN5OP/c1-23-9-11(7-20-23)10-4-5-13(14(6-10)25(2,3)24)21-15-12(17)8-19-16(18)22-15/h4-9H,1-3H3,(H,19,21,22). The number of rotatable bonds is 4. The zero-order valence-electron chi connectivity index (χ0n) is 14.1. The van der Waals surface area contributed by atoms with Crippen molar-refractivity contribution < 1.29 is 4.57 Å². The van der Waals surface area contributed by atoms with E-state index in [-0.39, 0.29) is 5.28 Å². The van der Waals surface area contributed by atoms with Crippen LogP contribution in [0.5, 0.6) is 0 Å². The Bertz CT molecular complexity index is 984. The topological polar surface area (TPSA) is 72.7 Å². The van der Waals surface area contributed by atoms with Crippen LogP contribution in [0, 0.1) is 0 Å². The van der Waals surface area contributed by atoms with Crippen LogP contribution in [0.2, 0.25) is 5.28 Å². The van der Waals surface area contributed by atoms with E-state index in [2.05, 4.69) is 20.4 Å². The highest BCUT2D eigenvalue weighted by Crippen LogP contribution is 2.39. The Kier molecular flexibility index (Phi) is 4.72. The molecule has 0 saturated heterocycles. The van der Waals surface area contributed by atoms with Crippen LogP contribution < -0.4 is 16.1 Å². The summed E-state index contributed by atoms with van der Waals surface area (Å²) in [6, 6.07) is 5.68. The van der Waals surface area contributed by atoms with E-state index in [4.69, 9.17) is 19.4 Å². The van der Waals surface area contributed by atoms with Crippen molar-refractivity contribution in [2.45, 2.75) is 0 Å². The molecule has 0 aliphatic carbocycles. The summed E-state index contributed by atoms with van der Waals surface area (Å²) in [4.78, 5) is 7.92. The number of aromatic nitrogens is 4. The van der Waals surface area contributed by atoms with Gasteiger partial charge in [0.25, 0.3) is 0 Å². The normalized spacial score (nSPS) is 11.5. The maximum absolute atomic E-state index is 12.8.